The van der Waals surface area contributed by atoms with Crippen LogP contribution < -0.4 is 5.32 Å². The summed E-state index contributed by atoms with van der Waals surface area (Å²) in [6, 6.07) is 0.724. The largest absolute Gasteiger partial charge is 0.378 e. The first-order valence-corrected chi connectivity index (χ1v) is 7.58. The molecule has 0 bridgehead atoms. The molecule has 1 saturated heterocycles. The summed E-state index contributed by atoms with van der Waals surface area (Å²) in [5, 5.41) is 3.56. The number of hydrogen-bond acceptors (Lipinski definition) is 2. The fraction of sp³-hybridized carbons (Fsp3) is 1.00. The van der Waals surface area contributed by atoms with Gasteiger partial charge in [0.1, 0.15) is 0 Å². The molecular weight excluding hydrogens is 210 g/mol. The van der Waals surface area contributed by atoms with Crippen LogP contribution in [-0.4, -0.2) is 25.8 Å². The van der Waals surface area contributed by atoms with Crippen molar-refractivity contribution >= 4 is 0 Å². The number of nitrogens with one attached hydrogen (secondary N) is 1. The van der Waals surface area contributed by atoms with Crippen molar-refractivity contribution in [2.75, 3.05) is 13.7 Å². The van der Waals surface area contributed by atoms with Gasteiger partial charge in [-0.3, -0.25) is 0 Å². The molecule has 1 N–H and O–H groups in total. The topological polar surface area (TPSA) is 21.3 Å². The van der Waals surface area contributed by atoms with Crippen LogP contribution in [0.2, 0.25) is 0 Å². The predicted octanol–water partition coefficient (Wildman–Crippen LogP) is 3.36. The second-order valence-electron chi connectivity index (χ2n) is 6.14. The van der Waals surface area contributed by atoms with Gasteiger partial charge in [0, 0.05) is 12.6 Å². The van der Waals surface area contributed by atoms with E-state index >= 15 is 0 Å². The van der Waals surface area contributed by atoms with Gasteiger partial charge >= 0.3 is 0 Å². The quantitative estimate of drug-likeness (QED) is 0.794. The van der Waals surface area contributed by atoms with Crippen LogP contribution in [0.5, 0.6) is 0 Å². The monoisotopic (exact) mass is 239 g/mol. The van der Waals surface area contributed by atoms with E-state index in [0.29, 0.717) is 6.10 Å². The molecule has 17 heavy (non-hydrogen) atoms. The Morgan fingerprint density at radius 2 is 2.12 bits per heavy atom. The Morgan fingerprint density at radius 1 is 1.24 bits per heavy atom. The Kier molecular flexibility index (Phi) is 5.30. The number of ether oxygens (including phenoxy) is 1. The summed E-state index contributed by atoms with van der Waals surface area (Å²) in [5.74, 6) is 1.84. The Balaban J connectivity index is 1.74. The Hall–Kier alpha value is -0.0800. The lowest BCUT2D eigenvalue weighted by Gasteiger charge is -2.33. The molecule has 2 aliphatic rings. The SMILES string of the molecule is CNC(CCC1CCCO1)C1CCCC(C)C1. The number of rotatable bonds is 5. The van der Waals surface area contributed by atoms with E-state index in [0.717, 1.165) is 24.5 Å². The van der Waals surface area contributed by atoms with Crippen molar-refractivity contribution in [1.29, 1.82) is 0 Å². The first-order valence-electron chi connectivity index (χ1n) is 7.58. The molecule has 0 amide bonds. The third kappa shape index (κ3) is 3.96. The zero-order valence-electron chi connectivity index (χ0n) is 11.6. The van der Waals surface area contributed by atoms with Crippen LogP contribution in [0, 0.1) is 11.8 Å². The molecule has 4 atom stereocenters. The summed E-state index contributed by atoms with van der Waals surface area (Å²) in [4.78, 5) is 0. The summed E-state index contributed by atoms with van der Waals surface area (Å²) in [5.41, 5.74) is 0. The van der Waals surface area contributed by atoms with Gasteiger partial charge in [0.15, 0.2) is 0 Å². The molecule has 2 heteroatoms. The van der Waals surface area contributed by atoms with Gasteiger partial charge in [0.2, 0.25) is 0 Å². The third-order valence-corrected chi connectivity index (χ3v) is 4.74. The standard InChI is InChI=1S/C15H29NO/c1-12-5-3-6-13(11-12)15(16-2)9-8-14-7-4-10-17-14/h12-16H,3-11H2,1-2H3. The van der Waals surface area contributed by atoms with Crippen LogP contribution in [0.25, 0.3) is 0 Å². The van der Waals surface area contributed by atoms with Crippen molar-refractivity contribution in [1.82, 2.24) is 5.32 Å². The smallest absolute Gasteiger partial charge is 0.0576 e. The summed E-state index contributed by atoms with van der Waals surface area (Å²) in [6.07, 6.45) is 11.4. The van der Waals surface area contributed by atoms with E-state index in [9.17, 15) is 0 Å². The predicted molar refractivity (Wildman–Crippen MR) is 72.2 cm³/mol. The first-order chi connectivity index (χ1) is 8.29. The van der Waals surface area contributed by atoms with Crippen LogP contribution in [0.15, 0.2) is 0 Å². The van der Waals surface area contributed by atoms with Gasteiger partial charge in [0.25, 0.3) is 0 Å². The summed E-state index contributed by atoms with van der Waals surface area (Å²) >= 11 is 0. The van der Waals surface area contributed by atoms with E-state index in [1.165, 1.54) is 51.4 Å². The number of hydrogen-bond donors (Lipinski definition) is 1. The molecule has 2 nitrogen and oxygen atoms in total. The minimum Gasteiger partial charge on any atom is -0.378 e. The minimum absolute atomic E-state index is 0.562. The van der Waals surface area contributed by atoms with Crippen LogP contribution in [-0.2, 0) is 4.74 Å². The lowest BCUT2D eigenvalue weighted by Crippen LogP contribution is -2.36. The summed E-state index contributed by atoms with van der Waals surface area (Å²) in [7, 11) is 2.14. The highest BCUT2D eigenvalue weighted by atomic mass is 16.5. The highest BCUT2D eigenvalue weighted by Crippen LogP contribution is 2.32. The molecule has 100 valence electrons. The summed E-state index contributed by atoms with van der Waals surface area (Å²) in [6.45, 7) is 3.41. The summed E-state index contributed by atoms with van der Waals surface area (Å²) < 4.78 is 5.73. The lowest BCUT2D eigenvalue weighted by atomic mass is 9.77. The van der Waals surface area contributed by atoms with Gasteiger partial charge in [-0.15, -0.1) is 0 Å². The fourth-order valence-corrected chi connectivity index (χ4v) is 3.70. The van der Waals surface area contributed by atoms with Gasteiger partial charge in [-0.2, -0.15) is 0 Å². The molecule has 2 rings (SSSR count). The molecule has 1 saturated carbocycles. The highest BCUT2D eigenvalue weighted by molar-refractivity contribution is 4.82. The normalized spacial score (nSPS) is 36.0. The maximum atomic E-state index is 5.73. The lowest BCUT2D eigenvalue weighted by molar-refractivity contribution is 0.0949. The molecule has 0 aromatic heterocycles. The zero-order chi connectivity index (χ0) is 12.1. The average Bonchev–Trinajstić information content (AvgIpc) is 2.83. The molecule has 0 aromatic rings. The van der Waals surface area contributed by atoms with Crippen molar-refractivity contribution in [2.24, 2.45) is 11.8 Å². The molecular formula is C15H29NO. The van der Waals surface area contributed by atoms with Gasteiger partial charge in [-0.05, 0) is 57.4 Å². The van der Waals surface area contributed by atoms with Crippen LogP contribution in [0.4, 0.5) is 0 Å². The van der Waals surface area contributed by atoms with Crippen LogP contribution in [0.1, 0.15) is 58.3 Å². The minimum atomic E-state index is 0.562. The molecule has 4 unspecified atom stereocenters. The Labute approximate surface area is 107 Å². The van der Waals surface area contributed by atoms with Crippen molar-refractivity contribution in [3.8, 4) is 0 Å². The second-order valence-corrected chi connectivity index (χ2v) is 6.14. The van der Waals surface area contributed by atoms with Crippen molar-refractivity contribution in [3.05, 3.63) is 0 Å². The molecule has 1 heterocycles. The molecule has 0 radical (unpaired) electrons. The van der Waals surface area contributed by atoms with E-state index in [2.05, 4.69) is 19.3 Å². The van der Waals surface area contributed by atoms with E-state index in [4.69, 9.17) is 4.74 Å². The molecule has 0 spiro atoms. The highest BCUT2D eigenvalue weighted by Gasteiger charge is 2.26. The van der Waals surface area contributed by atoms with E-state index < -0.39 is 0 Å². The maximum Gasteiger partial charge on any atom is 0.0576 e. The van der Waals surface area contributed by atoms with E-state index in [1.54, 1.807) is 0 Å². The Bertz CT molecular complexity index is 213. The average molecular weight is 239 g/mol. The van der Waals surface area contributed by atoms with E-state index in [1.807, 2.05) is 0 Å². The zero-order valence-corrected chi connectivity index (χ0v) is 11.6. The van der Waals surface area contributed by atoms with Gasteiger partial charge < -0.3 is 10.1 Å². The van der Waals surface area contributed by atoms with Gasteiger partial charge in [0.05, 0.1) is 6.10 Å². The third-order valence-electron chi connectivity index (χ3n) is 4.74. The van der Waals surface area contributed by atoms with Crippen molar-refractivity contribution < 1.29 is 4.74 Å². The molecule has 2 fully saturated rings. The fourth-order valence-electron chi connectivity index (χ4n) is 3.70. The van der Waals surface area contributed by atoms with Gasteiger partial charge in [-0.25, -0.2) is 0 Å². The van der Waals surface area contributed by atoms with Crippen LogP contribution in [0.3, 0.4) is 0 Å². The van der Waals surface area contributed by atoms with Crippen LogP contribution >= 0.6 is 0 Å². The van der Waals surface area contributed by atoms with Gasteiger partial charge in [-0.1, -0.05) is 19.8 Å². The molecule has 0 aromatic carbocycles. The van der Waals surface area contributed by atoms with E-state index in [-0.39, 0.29) is 0 Å². The first kappa shape index (κ1) is 13.4. The Morgan fingerprint density at radius 3 is 2.76 bits per heavy atom. The molecule has 1 aliphatic heterocycles. The second kappa shape index (κ2) is 6.75. The molecule has 1 aliphatic carbocycles. The van der Waals surface area contributed by atoms with Crippen molar-refractivity contribution in [2.45, 2.75) is 70.4 Å². The van der Waals surface area contributed by atoms with Crippen molar-refractivity contribution in [3.63, 3.8) is 0 Å². The maximum absolute atomic E-state index is 5.73.